The highest BCUT2D eigenvalue weighted by Crippen LogP contribution is 2.52. The number of hydrogen-bond acceptors (Lipinski definition) is 11. The van der Waals surface area contributed by atoms with Crippen molar-refractivity contribution in [2.45, 2.75) is 22.8 Å². The minimum Gasteiger partial charge on any atom is -0.493 e. The van der Waals surface area contributed by atoms with Gasteiger partial charge in [-0.05, 0) is 30.3 Å². The van der Waals surface area contributed by atoms with E-state index in [4.69, 9.17) is 14.2 Å². The van der Waals surface area contributed by atoms with E-state index < -0.39 is 62.5 Å². The number of aliphatic hydroxyl groups excluding tert-OH is 1. The van der Waals surface area contributed by atoms with Crippen molar-refractivity contribution in [2.75, 3.05) is 32.2 Å². The number of methoxy groups -OCH3 is 2. The smallest absolute Gasteiger partial charge is 0.430 e. The van der Waals surface area contributed by atoms with E-state index in [1.54, 1.807) is 12.1 Å². The number of aliphatic hydroxyl groups is 1. The fourth-order valence-electron chi connectivity index (χ4n) is 4.05. The third-order valence-electron chi connectivity index (χ3n) is 6.12. The molecule has 0 saturated carbocycles. The number of benzene rings is 2. The van der Waals surface area contributed by atoms with Crippen LogP contribution < -0.4 is 18.9 Å². The van der Waals surface area contributed by atoms with Crippen LogP contribution in [-0.2, 0) is 20.4 Å². The number of nitrogens with zero attached hydrogens (tertiary/aromatic N) is 4. The predicted octanol–water partition coefficient (Wildman–Crippen LogP) is 4.87. The SMILES string of the molecule is COc1ccccc1Oc1c(NS(=O)(=O)c2ccc(C(OC)(C(F)(F)F)C(F)(F)F)cc2)nc(-c2ncccn2)nc1OCCO. The summed E-state index contributed by atoms with van der Waals surface area (Å²) in [6, 6.07) is 9.32. The number of ether oxygens (including phenoxy) is 4. The summed E-state index contributed by atoms with van der Waals surface area (Å²) < 4.78 is 132. The first kappa shape index (κ1) is 34.1. The summed E-state index contributed by atoms with van der Waals surface area (Å²) in [5.74, 6) is -1.61. The molecule has 46 heavy (non-hydrogen) atoms. The Balaban J connectivity index is 1.85. The summed E-state index contributed by atoms with van der Waals surface area (Å²) >= 11 is 0. The van der Waals surface area contributed by atoms with Crippen LogP contribution in [0.5, 0.6) is 23.1 Å². The maximum atomic E-state index is 13.7. The van der Waals surface area contributed by atoms with Gasteiger partial charge in [0.05, 0.1) is 18.6 Å². The highest BCUT2D eigenvalue weighted by atomic mass is 32.2. The summed E-state index contributed by atoms with van der Waals surface area (Å²) in [6.45, 7) is -0.844. The number of sulfonamides is 1. The van der Waals surface area contributed by atoms with E-state index in [1.807, 2.05) is 0 Å². The number of aromatic nitrogens is 4. The molecule has 19 heteroatoms. The maximum absolute atomic E-state index is 13.7. The van der Waals surface area contributed by atoms with Crippen molar-refractivity contribution in [3.05, 3.63) is 72.6 Å². The first-order chi connectivity index (χ1) is 21.7. The lowest BCUT2D eigenvalue weighted by Gasteiger charge is -2.36. The molecule has 0 radical (unpaired) electrons. The summed E-state index contributed by atoms with van der Waals surface area (Å²) in [7, 11) is -3.25. The monoisotopic (exact) mass is 675 g/mol. The van der Waals surface area contributed by atoms with Gasteiger partial charge in [0.2, 0.25) is 11.6 Å². The van der Waals surface area contributed by atoms with Gasteiger partial charge in [0, 0.05) is 25.1 Å². The van der Waals surface area contributed by atoms with Gasteiger partial charge in [-0.15, -0.1) is 0 Å². The van der Waals surface area contributed by atoms with E-state index >= 15 is 0 Å². The van der Waals surface area contributed by atoms with Crippen molar-refractivity contribution in [3.8, 4) is 34.8 Å². The molecular weight excluding hydrogens is 652 g/mol. The number of nitrogens with one attached hydrogen (secondary N) is 1. The fraction of sp³-hybridized carbons (Fsp3) is 0.259. The summed E-state index contributed by atoms with van der Waals surface area (Å²) in [4.78, 5) is 15.6. The predicted molar refractivity (Wildman–Crippen MR) is 147 cm³/mol. The van der Waals surface area contributed by atoms with Gasteiger partial charge in [-0.2, -0.15) is 31.3 Å². The van der Waals surface area contributed by atoms with Crippen molar-refractivity contribution < 1.29 is 58.8 Å². The van der Waals surface area contributed by atoms with E-state index in [1.165, 1.54) is 37.7 Å². The number of para-hydroxylation sites is 2. The van der Waals surface area contributed by atoms with Crippen LogP contribution in [0.4, 0.5) is 32.2 Å². The van der Waals surface area contributed by atoms with Crippen LogP contribution >= 0.6 is 0 Å². The molecule has 4 aromatic rings. The second-order valence-corrected chi connectivity index (χ2v) is 10.6. The first-order valence-electron chi connectivity index (χ1n) is 12.7. The zero-order valence-electron chi connectivity index (χ0n) is 23.6. The average molecular weight is 676 g/mol. The first-order valence-corrected chi connectivity index (χ1v) is 14.2. The summed E-state index contributed by atoms with van der Waals surface area (Å²) in [5.41, 5.74) is -6.15. The van der Waals surface area contributed by atoms with Gasteiger partial charge >= 0.3 is 12.4 Å². The van der Waals surface area contributed by atoms with Gasteiger partial charge in [0.25, 0.3) is 21.5 Å². The zero-order valence-corrected chi connectivity index (χ0v) is 24.4. The average Bonchev–Trinajstić information content (AvgIpc) is 3.01. The lowest BCUT2D eigenvalue weighted by atomic mass is 9.92. The molecule has 0 unspecified atom stereocenters. The Labute approximate surface area is 257 Å². The molecule has 0 aliphatic rings. The molecule has 12 nitrogen and oxygen atoms in total. The van der Waals surface area contributed by atoms with Gasteiger partial charge in [-0.1, -0.05) is 24.3 Å². The maximum Gasteiger partial charge on any atom is 0.430 e. The lowest BCUT2D eigenvalue weighted by molar-refractivity contribution is -0.383. The molecule has 0 aliphatic heterocycles. The molecule has 0 spiro atoms. The molecule has 2 N–H and O–H groups in total. The van der Waals surface area contributed by atoms with Crippen LogP contribution in [-0.4, -0.2) is 73.2 Å². The molecule has 0 aliphatic carbocycles. The van der Waals surface area contributed by atoms with Crippen molar-refractivity contribution in [1.29, 1.82) is 0 Å². The number of halogens is 6. The van der Waals surface area contributed by atoms with E-state index in [0.29, 0.717) is 24.3 Å². The van der Waals surface area contributed by atoms with Crippen LogP contribution in [0.3, 0.4) is 0 Å². The highest BCUT2D eigenvalue weighted by molar-refractivity contribution is 7.92. The minimum atomic E-state index is -5.95. The van der Waals surface area contributed by atoms with Gasteiger partial charge in [-0.3, -0.25) is 4.72 Å². The van der Waals surface area contributed by atoms with Crippen molar-refractivity contribution in [1.82, 2.24) is 19.9 Å². The Morgan fingerprint density at radius 1 is 0.826 bits per heavy atom. The third-order valence-corrected chi connectivity index (χ3v) is 7.47. The minimum absolute atomic E-state index is 0.0335. The van der Waals surface area contributed by atoms with Gasteiger partial charge in [0.1, 0.15) is 6.61 Å². The number of anilines is 1. The molecule has 2 heterocycles. The van der Waals surface area contributed by atoms with Crippen molar-refractivity contribution in [3.63, 3.8) is 0 Å². The Morgan fingerprint density at radius 2 is 1.43 bits per heavy atom. The van der Waals surface area contributed by atoms with E-state index in [9.17, 15) is 39.9 Å². The van der Waals surface area contributed by atoms with Crippen LogP contribution in [0.2, 0.25) is 0 Å². The second-order valence-electron chi connectivity index (χ2n) is 8.94. The van der Waals surface area contributed by atoms with Gasteiger partial charge in [-0.25, -0.2) is 23.4 Å². The molecule has 4 rings (SSSR count). The second kappa shape index (κ2) is 13.3. The summed E-state index contributed by atoms with van der Waals surface area (Å²) in [6.07, 6.45) is -9.23. The van der Waals surface area contributed by atoms with E-state index in [-0.39, 0.29) is 36.9 Å². The largest absolute Gasteiger partial charge is 0.493 e. The topological polar surface area (TPSA) is 155 Å². The van der Waals surface area contributed by atoms with Gasteiger partial charge in [0.15, 0.2) is 23.1 Å². The highest BCUT2D eigenvalue weighted by Gasteiger charge is 2.73. The van der Waals surface area contributed by atoms with Crippen LogP contribution in [0.25, 0.3) is 11.6 Å². The Hall–Kier alpha value is -4.75. The third kappa shape index (κ3) is 6.75. The zero-order chi connectivity index (χ0) is 33.8. The number of rotatable bonds is 12. The molecule has 246 valence electrons. The van der Waals surface area contributed by atoms with Gasteiger partial charge < -0.3 is 24.1 Å². The van der Waals surface area contributed by atoms with Crippen molar-refractivity contribution in [2.24, 2.45) is 0 Å². The van der Waals surface area contributed by atoms with Crippen molar-refractivity contribution >= 4 is 15.8 Å². The van der Waals surface area contributed by atoms with E-state index in [2.05, 4.69) is 29.4 Å². The van der Waals surface area contributed by atoms with Crippen LogP contribution in [0.1, 0.15) is 5.56 Å². The Kier molecular flexibility index (Phi) is 9.88. The standard InChI is InChI=1S/C27H23F6N5O7S/c1-42-18-6-3-4-7-19(18)45-20-21(36-23(22-34-12-5-13-35-22)37-24(20)44-15-14-39)38-46(40,41)17-10-8-16(9-11-17)25(43-2,26(28,29)30)27(31,32)33/h3-13,39H,14-15H2,1-2H3,(H,36,37,38). The molecule has 0 amide bonds. The Morgan fingerprint density at radius 3 is 1.98 bits per heavy atom. The summed E-state index contributed by atoms with van der Waals surface area (Å²) in [5, 5.41) is 9.36. The Bertz CT molecular complexity index is 1750. The molecular formula is C27H23F6N5O7S. The fourth-order valence-corrected chi connectivity index (χ4v) is 5.06. The quantitative estimate of drug-likeness (QED) is 0.198. The van der Waals surface area contributed by atoms with Crippen LogP contribution in [0, 0.1) is 0 Å². The molecule has 0 atom stereocenters. The lowest BCUT2D eigenvalue weighted by Crippen LogP contribution is -2.55. The number of hydrogen-bond donors (Lipinski definition) is 2. The normalized spacial score (nSPS) is 12.5. The van der Waals surface area contributed by atoms with E-state index in [0.717, 1.165) is 0 Å². The molecule has 2 aromatic carbocycles. The molecule has 0 fully saturated rings. The molecule has 0 saturated heterocycles. The van der Waals surface area contributed by atoms with Crippen LogP contribution in [0.15, 0.2) is 71.9 Å². The number of alkyl halides is 6. The molecule has 0 bridgehead atoms. The molecule has 2 aromatic heterocycles.